The van der Waals surface area contributed by atoms with Gasteiger partial charge in [-0.25, -0.2) is 4.79 Å². The number of aromatic carboxylic acids is 1. The summed E-state index contributed by atoms with van der Waals surface area (Å²) < 4.78 is 0. The molecule has 6 heteroatoms. The molecule has 1 heterocycles. The van der Waals surface area contributed by atoms with Gasteiger partial charge < -0.3 is 15.3 Å². The van der Waals surface area contributed by atoms with Crippen molar-refractivity contribution in [2.24, 2.45) is 11.8 Å². The van der Waals surface area contributed by atoms with Crippen molar-refractivity contribution in [3.63, 3.8) is 0 Å². The summed E-state index contributed by atoms with van der Waals surface area (Å²) in [5.74, 6) is -0.508. The average Bonchev–Trinajstić information content (AvgIpc) is 3.18. The fourth-order valence-corrected chi connectivity index (χ4v) is 5.35. The van der Waals surface area contributed by atoms with Crippen LogP contribution in [0.5, 0.6) is 5.75 Å². The maximum Gasteiger partial charge on any atom is 0.345 e. The first kappa shape index (κ1) is 20.9. The van der Waals surface area contributed by atoms with Crippen molar-refractivity contribution in [3.05, 3.63) is 57.3 Å². The van der Waals surface area contributed by atoms with Gasteiger partial charge in [0.05, 0.1) is 6.10 Å². The van der Waals surface area contributed by atoms with E-state index in [-0.39, 0.29) is 23.0 Å². The highest BCUT2D eigenvalue weighted by Crippen LogP contribution is 2.40. The molecule has 4 nitrogen and oxygen atoms in total. The van der Waals surface area contributed by atoms with Gasteiger partial charge in [-0.3, -0.25) is 0 Å². The smallest absolute Gasteiger partial charge is 0.345 e. The van der Waals surface area contributed by atoms with Crippen molar-refractivity contribution >= 4 is 35.0 Å². The van der Waals surface area contributed by atoms with Crippen molar-refractivity contribution < 1.29 is 20.1 Å². The van der Waals surface area contributed by atoms with Crippen LogP contribution in [0.1, 0.15) is 44.9 Å². The Balaban J connectivity index is 1.62. The molecule has 0 radical (unpaired) electrons. The largest absolute Gasteiger partial charge is 0.508 e. The van der Waals surface area contributed by atoms with E-state index in [1.54, 1.807) is 18.2 Å². The first-order chi connectivity index (χ1) is 13.3. The van der Waals surface area contributed by atoms with Crippen LogP contribution in [0.2, 0.25) is 0 Å². The lowest BCUT2D eigenvalue weighted by molar-refractivity contribution is 0.0702. The molecule has 1 aliphatic rings. The predicted molar refractivity (Wildman–Crippen MR) is 113 cm³/mol. The second kappa shape index (κ2) is 9.12. The van der Waals surface area contributed by atoms with Gasteiger partial charge in [-0.15, -0.1) is 22.9 Å². The number of benzene rings is 1. The van der Waals surface area contributed by atoms with E-state index >= 15 is 0 Å². The first-order valence-corrected chi connectivity index (χ1v) is 10.7. The lowest BCUT2D eigenvalue weighted by Gasteiger charge is -2.20. The van der Waals surface area contributed by atoms with Crippen LogP contribution >= 0.6 is 22.9 Å². The average molecular weight is 421 g/mol. The van der Waals surface area contributed by atoms with Crippen molar-refractivity contribution in [1.82, 2.24) is 0 Å². The van der Waals surface area contributed by atoms with Gasteiger partial charge in [-0.1, -0.05) is 18.2 Å². The second-order valence-electron chi connectivity index (χ2n) is 7.48. The molecule has 2 aromatic rings. The summed E-state index contributed by atoms with van der Waals surface area (Å²) in [5.41, 5.74) is 1.89. The fourth-order valence-electron chi connectivity index (χ4n) is 3.98. The van der Waals surface area contributed by atoms with Gasteiger partial charge >= 0.3 is 5.97 Å². The number of carboxylic acids is 1. The predicted octanol–water partition coefficient (Wildman–Crippen LogP) is 5.10. The molecule has 0 unspecified atom stereocenters. The van der Waals surface area contributed by atoms with E-state index in [2.05, 4.69) is 0 Å². The third kappa shape index (κ3) is 5.16. The summed E-state index contributed by atoms with van der Waals surface area (Å²) in [6.45, 7) is 1.93. The lowest BCUT2D eigenvalue weighted by atomic mass is 9.89. The molecule has 28 heavy (non-hydrogen) atoms. The summed E-state index contributed by atoms with van der Waals surface area (Å²) >= 11 is 7.83. The molecule has 4 atom stereocenters. The molecular weight excluding hydrogens is 396 g/mol. The summed E-state index contributed by atoms with van der Waals surface area (Å²) in [6.07, 6.45) is 6.65. The number of thiophene rings is 1. The molecule has 1 saturated carbocycles. The van der Waals surface area contributed by atoms with E-state index in [4.69, 9.17) is 16.7 Å². The number of aromatic hydroxyl groups is 1. The highest BCUT2D eigenvalue weighted by atomic mass is 35.5. The van der Waals surface area contributed by atoms with Crippen LogP contribution in [-0.4, -0.2) is 32.8 Å². The normalized spacial score (nSPS) is 24.8. The molecular formula is C22H25ClO4S. The van der Waals surface area contributed by atoms with E-state index in [0.29, 0.717) is 11.3 Å². The number of halogens is 1. The minimum Gasteiger partial charge on any atom is -0.508 e. The number of hydrogen-bond donors (Lipinski definition) is 3. The van der Waals surface area contributed by atoms with Crippen LogP contribution in [0.25, 0.3) is 6.08 Å². The maximum atomic E-state index is 11.0. The Hall–Kier alpha value is -1.82. The summed E-state index contributed by atoms with van der Waals surface area (Å²) in [5, 5.41) is 29.2. The number of carbonyl (C=O) groups is 1. The number of phenolic OH excluding ortho intramolecular Hbond substituents is 1. The molecule has 3 N–H and O–H groups in total. The van der Waals surface area contributed by atoms with Crippen LogP contribution in [-0.2, 0) is 6.42 Å². The van der Waals surface area contributed by atoms with Crippen molar-refractivity contribution in [2.45, 2.75) is 44.1 Å². The Morgan fingerprint density at radius 1 is 1.32 bits per heavy atom. The fraction of sp³-hybridized carbons (Fsp3) is 0.409. The molecule has 0 aliphatic heterocycles. The third-order valence-electron chi connectivity index (χ3n) is 5.30. The van der Waals surface area contributed by atoms with Crippen LogP contribution < -0.4 is 0 Å². The topological polar surface area (TPSA) is 77.8 Å². The van der Waals surface area contributed by atoms with Gasteiger partial charge in [0.2, 0.25) is 0 Å². The molecule has 3 rings (SSSR count). The number of rotatable bonds is 7. The SMILES string of the molecule is Cc1cc(O)cc(/C=C/[C@@H]2[C@@H](CCCc3ccc(C(=O)O)s3)[C@H](Cl)C[C@H]2O)c1. The Labute approximate surface area is 174 Å². The van der Waals surface area contributed by atoms with Gasteiger partial charge in [-0.2, -0.15) is 0 Å². The van der Waals surface area contributed by atoms with Crippen LogP contribution in [0.3, 0.4) is 0 Å². The molecule has 0 bridgehead atoms. The molecule has 1 fully saturated rings. The Morgan fingerprint density at radius 3 is 2.79 bits per heavy atom. The van der Waals surface area contributed by atoms with Gasteiger partial charge in [0, 0.05) is 16.2 Å². The quantitative estimate of drug-likeness (QED) is 0.544. The van der Waals surface area contributed by atoms with Gasteiger partial charge in [0.15, 0.2) is 0 Å². The molecule has 0 saturated heterocycles. The Kier molecular flexibility index (Phi) is 6.81. The highest BCUT2D eigenvalue weighted by Gasteiger charge is 2.39. The highest BCUT2D eigenvalue weighted by molar-refractivity contribution is 7.13. The summed E-state index contributed by atoms with van der Waals surface area (Å²) in [4.78, 5) is 12.4. The zero-order valence-corrected chi connectivity index (χ0v) is 17.3. The first-order valence-electron chi connectivity index (χ1n) is 9.46. The summed E-state index contributed by atoms with van der Waals surface area (Å²) in [6, 6.07) is 8.92. The van der Waals surface area contributed by atoms with Gasteiger partial charge in [0.25, 0.3) is 0 Å². The number of alkyl halides is 1. The Morgan fingerprint density at radius 2 is 2.11 bits per heavy atom. The number of aliphatic hydroxyl groups is 1. The van der Waals surface area contributed by atoms with Crippen LogP contribution in [0.4, 0.5) is 0 Å². The zero-order chi connectivity index (χ0) is 20.3. The third-order valence-corrected chi connectivity index (χ3v) is 6.93. The molecule has 1 aromatic carbocycles. The number of aryl methyl sites for hydroxylation is 2. The van der Waals surface area contributed by atoms with Crippen molar-refractivity contribution in [2.75, 3.05) is 0 Å². The molecule has 0 spiro atoms. The van der Waals surface area contributed by atoms with Crippen molar-refractivity contribution in [3.8, 4) is 5.75 Å². The minimum atomic E-state index is -0.886. The number of aliphatic hydroxyl groups excluding tert-OH is 1. The van der Waals surface area contributed by atoms with Gasteiger partial charge in [0.1, 0.15) is 10.6 Å². The minimum absolute atomic E-state index is 0.0249. The summed E-state index contributed by atoms with van der Waals surface area (Å²) in [7, 11) is 0. The van der Waals surface area contributed by atoms with Crippen LogP contribution in [0.15, 0.2) is 36.4 Å². The second-order valence-corrected chi connectivity index (χ2v) is 9.21. The van der Waals surface area contributed by atoms with E-state index < -0.39 is 12.1 Å². The van der Waals surface area contributed by atoms with E-state index in [1.807, 2.05) is 31.2 Å². The van der Waals surface area contributed by atoms with Crippen molar-refractivity contribution in [1.29, 1.82) is 0 Å². The standard InChI is InChI=1S/C22H25ClO4S/c1-13-9-14(11-15(24)10-13)5-7-18-17(19(23)12-20(18)25)4-2-3-16-6-8-21(28-16)22(26)27/h5-11,17-20,24-25H,2-4,12H2,1H3,(H,26,27)/b7-5+/t17-,18-,19-,20-/m1/s1. The Bertz CT molecular complexity index is 840. The number of hydrogen-bond acceptors (Lipinski definition) is 4. The molecule has 0 amide bonds. The van der Waals surface area contributed by atoms with E-state index in [1.165, 1.54) is 11.3 Å². The van der Waals surface area contributed by atoms with E-state index in [0.717, 1.165) is 35.3 Å². The number of phenols is 1. The monoisotopic (exact) mass is 420 g/mol. The van der Waals surface area contributed by atoms with E-state index in [9.17, 15) is 15.0 Å². The van der Waals surface area contributed by atoms with Crippen LogP contribution in [0, 0.1) is 18.8 Å². The number of carboxylic acid groups (broad SMARTS) is 1. The lowest BCUT2D eigenvalue weighted by Crippen LogP contribution is -2.18. The molecule has 1 aliphatic carbocycles. The molecule has 1 aromatic heterocycles. The maximum absolute atomic E-state index is 11.0. The zero-order valence-electron chi connectivity index (χ0n) is 15.7. The van der Waals surface area contributed by atoms with Gasteiger partial charge in [-0.05, 0) is 73.9 Å². The molecule has 150 valence electrons.